The van der Waals surface area contributed by atoms with Crippen molar-refractivity contribution in [3.8, 4) is 23.1 Å². The molecule has 1 aromatic carbocycles. The number of carbonyl (C=O) groups excluding carboxylic acids is 1. The molecule has 2 aromatic heterocycles. The van der Waals surface area contributed by atoms with E-state index < -0.39 is 11.9 Å². The number of aromatic nitrogens is 4. The van der Waals surface area contributed by atoms with E-state index in [0.29, 0.717) is 49.5 Å². The van der Waals surface area contributed by atoms with Gasteiger partial charge in [-0.1, -0.05) is 11.2 Å². The van der Waals surface area contributed by atoms with Crippen molar-refractivity contribution in [2.45, 2.75) is 12.5 Å². The van der Waals surface area contributed by atoms with Crippen molar-refractivity contribution in [2.24, 2.45) is 0 Å². The van der Waals surface area contributed by atoms with Crippen LogP contribution in [0.25, 0.3) is 11.6 Å². The molecule has 2 aliphatic rings. The third-order valence-electron chi connectivity index (χ3n) is 4.99. The summed E-state index contributed by atoms with van der Waals surface area (Å²) in [5.41, 5.74) is 0.964. The first-order chi connectivity index (χ1) is 16.9. The third-order valence-corrected chi connectivity index (χ3v) is 4.99. The summed E-state index contributed by atoms with van der Waals surface area (Å²) in [6.45, 7) is 2.38. The molecule has 0 spiro atoms. The Morgan fingerprint density at radius 2 is 1.74 bits per heavy atom. The first-order valence-corrected chi connectivity index (χ1v) is 10.3. The van der Waals surface area contributed by atoms with Gasteiger partial charge in [0.1, 0.15) is 0 Å². The monoisotopic (exact) mass is 484 g/mol. The van der Waals surface area contributed by atoms with Crippen LogP contribution in [-0.2, 0) is 20.9 Å². The number of amides is 1. The van der Waals surface area contributed by atoms with Gasteiger partial charge in [0, 0.05) is 32.0 Å². The highest BCUT2D eigenvalue weighted by atomic mass is 16.7. The molecule has 0 radical (unpaired) electrons. The molecule has 2 aliphatic heterocycles. The van der Waals surface area contributed by atoms with Gasteiger partial charge in [0.05, 0.1) is 12.5 Å². The van der Waals surface area contributed by atoms with Gasteiger partial charge in [0.2, 0.25) is 30.2 Å². The summed E-state index contributed by atoms with van der Waals surface area (Å²) in [5, 5.41) is 21.6. The van der Waals surface area contributed by atoms with Crippen molar-refractivity contribution in [3.63, 3.8) is 0 Å². The topological polar surface area (TPSA) is 190 Å². The predicted octanol–water partition coefficient (Wildman–Crippen LogP) is 0.127. The van der Waals surface area contributed by atoms with E-state index >= 15 is 0 Å². The summed E-state index contributed by atoms with van der Waals surface area (Å²) in [6, 6.07) is 7.37. The number of nitrogens with zero attached hydrogens (tertiary/aromatic N) is 5. The lowest BCUT2D eigenvalue weighted by Gasteiger charge is -2.36. The number of benzene rings is 1. The maximum absolute atomic E-state index is 12.2. The van der Waals surface area contributed by atoms with Crippen molar-refractivity contribution < 1.29 is 38.6 Å². The van der Waals surface area contributed by atoms with Crippen LogP contribution >= 0.6 is 0 Å². The van der Waals surface area contributed by atoms with Crippen LogP contribution < -0.4 is 14.8 Å². The van der Waals surface area contributed by atoms with Crippen LogP contribution in [0.4, 0.5) is 0 Å². The molecule has 0 unspecified atom stereocenters. The van der Waals surface area contributed by atoms with E-state index in [9.17, 15) is 4.79 Å². The van der Waals surface area contributed by atoms with Crippen LogP contribution in [0.1, 0.15) is 17.4 Å². The lowest BCUT2D eigenvalue weighted by Crippen LogP contribution is -2.49. The number of hydrogen-bond acceptors (Lipinski definition) is 11. The molecular formula is C21H20N6O8. The Labute approximate surface area is 197 Å². The summed E-state index contributed by atoms with van der Waals surface area (Å²) in [5.74, 6) is -0.778. The highest BCUT2D eigenvalue weighted by Crippen LogP contribution is 2.32. The molecule has 35 heavy (non-hydrogen) atoms. The van der Waals surface area contributed by atoms with Crippen LogP contribution in [0.5, 0.6) is 11.5 Å². The summed E-state index contributed by atoms with van der Waals surface area (Å²) in [6.07, 6.45) is 3.26. The lowest BCUT2D eigenvalue weighted by atomic mass is 10.0. The fourth-order valence-electron chi connectivity index (χ4n) is 3.27. The number of aliphatic carboxylic acids is 2. The van der Waals surface area contributed by atoms with Gasteiger partial charge in [0.25, 0.3) is 0 Å². The third kappa shape index (κ3) is 6.05. The molecule has 1 amide bonds. The fraction of sp³-hybridized carbons (Fsp3) is 0.286. The van der Waals surface area contributed by atoms with E-state index in [-0.39, 0.29) is 18.6 Å². The first kappa shape index (κ1) is 23.6. The van der Waals surface area contributed by atoms with Crippen LogP contribution in [0, 0.1) is 0 Å². The molecule has 1 saturated heterocycles. The maximum atomic E-state index is 12.2. The summed E-state index contributed by atoms with van der Waals surface area (Å²) < 4.78 is 16.0. The molecule has 0 atom stereocenters. The van der Waals surface area contributed by atoms with Crippen LogP contribution in [-0.4, -0.2) is 79.5 Å². The number of rotatable bonds is 6. The molecule has 14 heteroatoms. The number of carbonyl (C=O) groups is 3. The van der Waals surface area contributed by atoms with Gasteiger partial charge in [-0.3, -0.25) is 9.69 Å². The number of hydrogen-bond donors (Lipinski definition) is 3. The zero-order valence-corrected chi connectivity index (χ0v) is 18.2. The van der Waals surface area contributed by atoms with E-state index in [2.05, 4.69) is 25.4 Å². The summed E-state index contributed by atoms with van der Waals surface area (Å²) in [7, 11) is 0. The molecule has 182 valence electrons. The highest BCUT2D eigenvalue weighted by molar-refractivity contribution is 6.27. The predicted molar refractivity (Wildman–Crippen MR) is 114 cm³/mol. The Hall–Kier alpha value is -4.59. The molecule has 5 rings (SSSR count). The minimum Gasteiger partial charge on any atom is -0.473 e. The molecule has 0 bridgehead atoms. The zero-order valence-electron chi connectivity index (χ0n) is 18.2. The van der Waals surface area contributed by atoms with Gasteiger partial charge in [-0.25, -0.2) is 19.6 Å². The molecule has 3 aromatic rings. The first-order valence-electron chi connectivity index (χ1n) is 10.3. The summed E-state index contributed by atoms with van der Waals surface area (Å²) >= 11 is 0. The van der Waals surface area contributed by atoms with Crippen molar-refractivity contribution in [3.05, 3.63) is 48.1 Å². The van der Waals surface area contributed by atoms with E-state index in [1.807, 2.05) is 23.1 Å². The second-order valence-corrected chi connectivity index (χ2v) is 7.49. The minimum absolute atomic E-state index is 0.0370. The quantitative estimate of drug-likeness (QED) is 0.400. The minimum atomic E-state index is -1.82. The smallest absolute Gasteiger partial charge is 0.414 e. The van der Waals surface area contributed by atoms with Crippen LogP contribution in [0.2, 0.25) is 0 Å². The number of ether oxygens (including phenoxy) is 2. The van der Waals surface area contributed by atoms with Crippen molar-refractivity contribution in [1.29, 1.82) is 0 Å². The Bertz CT molecular complexity index is 1200. The van der Waals surface area contributed by atoms with Gasteiger partial charge in [0.15, 0.2) is 11.5 Å². The van der Waals surface area contributed by atoms with E-state index in [0.717, 1.165) is 11.3 Å². The average Bonchev–Trinajstić information content (AvgIpc) is 3.50. The average molecular weight is 484 g/mol. The molecule has 3 N–H and O–H groups in total. The highest BCUT2D eigenvalue weighted by Gasteiger charge is 2.33. The summed E-state index contributed by atoms with van der Waals surface area (Å²) in [4.78, 5) is 45.0. The van der Waals surface area contributed by atoms with E-state index in [4.69, 9.17) is 33.8 Å². The standard InChI is InChI=1S/C19H18N6O4.C2H2O4/c26-16(22-7-12-2-3-14-15(6-12)28-11-27-14)10-25-8-13(9-25)19-23-18(24-29-19)17-20-4-1-5-21-17;3-1(4)2(5)6/h1-6,13H,7-11H2,(H,22,26);(H,3,4)(H,5,6). The molecule has 0 saturated carbocycles. The normalized spacial score (nSPS) is 14.4. The SMILES string of the molecule is O=C(CN1CC(c2nc(-c3ncccn3)no2)C1)NCc1ccc2c(c1)OCO2.O=C(O)C(=O)O. The fourth-order valence-corrected chi connectivity index (χ4v) is 3.27. The van der Waals surface area contributed by atoms with Gasteiger partial charge >= 0.3 is 11.9 Å². The van der Waals surface area contributed by atoms with Gasteiger partial charge in [-0.15, -0.1) is 0 Å². The van der Waals surface area contributed by atoms with Crippen molar-refractivity contribution >= 4 is 17.8 Å². The van der Waals surface area contributed by atoms with Gasteiger partial charge in [-0.05, 0) is 23.8 Å². The largest absolute Gasteiger partial charge is 0.473 e. The second kappa shape index (κ2) is 10.6. The maximum Gasteiger partial charge on any atom is 0.414 e. The van der Waals surface area contributed by atoms with E-state index in [1.165, 1.54) is 0 Å². The molecule has 4 heterocycles. The number of likely N-dealkylation sites (tertiary alicyclic amines) is 1. The number of carboxylic acids is 2. The Balaban J connectivity index is 0.000000431. The Morgan fingerprint density at radius 3 is 2.46 bits per heavy atom. The van der Waals surface area contributed by atoms with Gasteiger partial charge in [-0.2, -0.15) is 4.98 Å². The molecular weight excluding hydrogens is 464 g/mol. The lowest BCUT2D eigenvalue weighted by molar-refractivity contribution is -0.159. The van der Waals surface area contributed by atoms with Crippen LogP contribution in [0.3, 0.4) is 0 Å². The number of fused-ring (bicyclic) bond motifs is 1. The Kier molecular flexibility index (Phi) is 7.11. The van der Waals surface area contributed by atoms with E-state index in [1.54, 1.807) is 18.5 Å². The van der Waals surface area contributed by atoms with Crippen molar-refractivity contribution in [2.75, 3.05) is 26.4 Å². The number of nitrogens with one attached hydrogen (secondary N) is 1. The zero-order chi connectivity index (χ0) is 24.8. The second-order valence-electron chi connectivity index (χ2n) is 7.49. The Morgan fingerprint density at radius 1 is 1.03 bits per heavy atom. The van der Waals surface area contributed by atoms with Crippen molar-refractivity contribution in [1.82, 2.24) is 30.3 Å². The molecule has 14 nitrogen and oxygen atoms in total. The molecule has 1 fully saturated rings. The number of carboxylic acid groups (broad SMARTS) is 2. The van der Waals surface area contributed by atoms with Crippen LogP contribution in [0.15, 0.2) is 41.2 Å². The van der Waals surface area contributed by atoms with Gasteiger partial charge < -0.3 is 29.5 Å². The molecule has 0 aliphatic carbocycles.